The minimum Gasteiger partial charge on any atom is -0.316 e. The van der Waals surface area contributed by atoms with Gasteiger partial charge in [-0.2, -0.15) is 0 Å². The maximum atomic E-state index is 5.36. The van der Waals surface area contributed by atoms with Gasteiger partial charge in [-0.1, -0.05) is 40.2 Å². The van der Waals surface area contributed by atoms with Gasteiger partial charge in [0.2, 0.25) is 0 Å². The third-order valence-corrected chi connectivity index (χ3v) is 1.01. The number of halogens is 1. The fourth-order valence-corrected chi connectivity index (χ4v) is 0.736. The molecule has 1 unspecified atom stereocenters. The average Bonchev–Trinajstić information content (AvgIpc) is 1.65. The lowest BCUT2D eigenvalue weighted by Gasteiger charge is -1.93. The number of hydrogen-bond acceptors (Lipinski definition) is 1. The Morgan fingerprint density at radius 3 is 2.50 bits per heavy atom. The van der Waals surface area contributed by atoms with Crippen LogP contribution in [0.25, 0.3) is 0 Å². The highest BCUT2D eigenvalue weighted by atomic mass is 79.9. The van der Waals surface area contributed by atoms with Gasteiger partial charge in [0.1, 0.15) is 0 Å². The first-order valence-corrected chi connectivity index (χ1v) is 3.29. The molecular weight excluding hydrogens is 166 g/mol. The molecule has 2 N–H and O–H groups in total. The summed E-state index contributed by atoms with van der Waals surface area (Å²) in [4.78, 5) is -0.0412. The number of rotatable bonds is 2. The topological polar surface area (TPSA) is 26.0 Å². The molecule has 1 atom stereocenters. The Kier molecular flexibility index (Phi) is 3.83. The molecule has 0 aliphatic heterocycles. The Bertz CT molecular complexity index is 105. The van der Waals surface area contributed by atoms with Crippen LogP contribution in [0.15, 0.2) is 24.3 Å². The number of alkyl halides is 1. The van der Waals surface area contributed by atoms with Gasteiger partial charge in [0, 0.05) is 0 Å². The van der Waals surface area contributed by atoms with Crippen LogP contribution in [-0.2, 0) is 0 Å². The normalized spacial score (nSPS) is 15.6. The fraction of sp³-hybridized carbons (Fsp3) is 0.333. The standard InChI is InChI=1S/C6H10BrN/c1-3-5(2)4-6(7)8/h3-4,6H,1,8H2,2H3/b5-4-. The van der Waals surface area contributed by atoms with Crippen molar-refractivity contribution in [3.63, 3.8) is 0 Å². The van der Waals surface area contributed by atoms with Crippen molar-refractivity contribution < 1.29 is 0 Å². The lowest BCUT2D eigenvalue weighted by molar-refractivity contribution is 1.17. The lowest BCUT2D eigenvalue weighted by Crippen LogP contribution is -2.06. The molecule has 8 heavy (non-hydrogen) atoms. The zero-order valence-corrected chi connectivity index (χ0v) is 6.48. The molecule has 0 radical (unpaired) electrons. The van der Waals surface area contributed by atoms with Gasteiger partial charge in [-0.3, -0.25) is 0 Å². The summed E-state index contributed by atoms with van der Waals surface area (Å²) < 4.78 is 0. The van der Waals surface area contributed by atoms with Gasteiger partial charge in [-0.05, 0) is 6.92 Å². The number of allylic oxidation sites excluding steroid dienone is 2. The van der Waals surface area contributed by atoms with E-state index in [1.54, 1.807) is 6.08 Å². The highest BCUT2D eigenvalue weighted by Crippen LogP contribution is 1.98. The highest BCUT2D eigenvalue weighted by molar-refractivity contribution is 9.09. The van der Waals surface area contributed by atoms with Crippen molar-refractivity contribution in [1.82, 2.24) is 0 Å². The van der Waals surface area contributed by atoms with E-state index >= 15 is 0 Å². The van der Waals surface area contributed by atoms with Gasteiger partial charge in [0.05, 0.1) is 4.95 Å². The highest BCUT2D eigenvalue weighted by Gasteiger charge is 1.86. The molecule has 0 amide bonds. The SMILES string of the molecule is C=C/C(C)=C\C(N)Br. The van der Waals surface area contributed by atoms with Gasteiger partial charge in [0.15, 0.2) is 0 Å². The van der Waals surface area contributed by atoms with E-state index in [0.29, 0.717) is 0 Å². The summed E-state index contributed by atoms with van der Waals surface area (Å²) in [6.07, 6.45) is 3.65. The van der Waals surface area contributed by atoms with Gasteiger partial charge < -0.3 is 5.73 Å². The predicted octanol–water partition coefficient (Wildman–Crippen LogP) is 1.80. The molecule has 0 bridgehead atoms. The molecule has 1 nitrogen and oxygen atoms in total. The van der Waals surface area contributed by atoms with Gasteiger partial charge in [0.25, 0.3) is 0 Å². The van der Waals surface area contributed by atoms with Gasteiger partial charge >= 0.3 is 0 Å². The minimum atomic E-state index is -0.0412. The van der Waals surface area contributed by atoms with Crippen molar-refractivity contribution in [2.75, 3.05) is 0 Å². The molecule has 2 heteroatoms. The summed E-state index contributed by atoms with van der Waals surface area (Å²) in [5, 5.41) is 0. The second kappa shape index (κ2) is 3.87. The minimum absolute atomic E-state index is 0.0412. The van der Waals surface area contributed by atoms with Gasteiger partial charge in [-0.15, -0.1) is 0 Å². The molecule has 0 aliphatic rings. The Balaban J connectivity index is 3.74. The van der Waals surface area contributed by atoms with E-state index in [-0.39, 0.29) is 4.95 Å². The van der Waals surface area contributed by atoms with E-state index in [2.05, 4.69) is 22.5 Å². The third-order valence-electron chi connectivity index (χ3n) is 0.744. The van der Waals surface area contributed by atoms with Crippen LogP contribution in [0.5, 0.6) is 0 Å². The molecule has 0 spiro atoms. The van der Waals surface area contributed by atoms with Crippen molar-refractivity contribution in [2.24, 2.45) is 5.73 Å². The lowest BCUT2D eigenvalue weighted by atomic mass is 10.3. The first-order chi connectivity index (χ1) is 3.66. The molecule has 0 aromatic rings. The number of nitrogens with two attached hydrogens (primary N) is 1. The Morgan fingerprint density at radius 1 is 1.88 bits per heavy atom. The van der Waals surface area contributed by atoms with Crippen molar-refractivity contribution >= 4 is 15.9 Å². The molecule has 0 aliphatic carbocycles. The molecular formula is C6H10BrN. The zero-order chi connectivity index (χ0) is 6.57. The van der Waals surface area contributed by atoms with Crippen LogP contribution in [0, 0.1) is 0 Å². The Labute approximate surface area is 58.4 Å². The second-order valence-corrected chi connectivity index (χ2v) is 2.62. The van der Waals surface area contributed by atoms with Crippen molar-refractivity contribution in [1.29, 1.82) is 0 Å². The van der Waals surface area contributed by atoms with Crippen molar-refractivity contribution in [2.45, 2.75) is 11.9 Å². The first-order valence-electron chi connectivity index (χ1n) is 2.37. The van der Waals surface area contributed by atoms with E-state index in [0.717, 1.165) is 5.57 Å². The number of hydrogen-bond donors (Lipinski definition) is 1. The van der Waals surface area contributed by atoms with Crippen LogP contribution in [0.4, 0.5) is 0 Å². The maximum absolute atomic E-state index is 5.36. The van der Waals surface area contributed by atoms with E-state index < -0.39 is 0 Å². The Morgan fingerprint density at radius 2 is 2.38 bits per heavy atom. The summed E-state index contributed by atoms with van der Waals surface area (Å²) in [6.45, 7) is 5.52. The quantitative estimate of drug-likeness (QED) is 0.387. The first kappa shape index (κ1) is 7.92. The predicted molar refractivity (Wildman–Crippen MR) is 40.9 cm³/mol. The molecule has 46 valence electrons. The van der Waals surface area contributed by atoms with Crippen LogP contribution < -0.4 is 5.73 Å². The van der Waals surface area contributed by atoms with Crippen LogP contribution in [0.2, 0.25) is 0 Å². The maximum Gasteiger partial charge on any atom is 0.0797 e. The summed E-state index contributed by atoms with van der Waals surface area (Å²) in [7, 11) is 0. The van der Waals surface area contributed by atoms with E-state index in [1.807, 2.05) is 13.0 Å². The smallest absolute Gasteiger partial charge is 0.0797 e. The van der Waals surface area contributed by atoms with Gasteiger partial charge in [-0.25, -0.2) is 0 Å². The van der Waals surface area contributed by atoms with Crippen LogP contribution in [0.1, 0.15) is 6.92 Å². The Hall–Kier alpha value is -0.0800. The molecule has 0 aromatic heterocycles. The fourth-order valence-electron chi connectivity index (χ4n) is 0.319. The second-order valence-electron chi connectivity index (χ2n) is 1.56. The summed E-state index contributed by atoms with van der Waals surface area (Å²) >= 11 is 3.17. The molecule has 0 saturated heterocycles. The summed E-state index contributed by atoms with van der Waals surface area (Å²) in [6, 6.07) is 0. The van der Waals surface area contributed by atoms with Crippen molar-refractivity contribution in [3.8, 4) is 0 Å². The summed E-state index contributed by atoms with van der Waals surface area (Å²) in [5.74, 6) is 0. The molecule has 0 aromatic carbocycles. The largest absolute Gasteiger partial charge is 0.316 e. The molecule has 0 rings (SSSR count). The average molecular weight is 176 g/mol. The summed E-state index contributed by atoms with van der Waals surface area (Å²) in [5.41, 5.74) is 6.45. The third kappa shape index (κ3) is 4.09. The monoisotopic (exact) mass is 175 g/mol. The molecule has 0 saturated carbocycles. The van der Waals surface area contributed by atoms with E-state index in [1.165, 1.54) is 0 Å². The zero-order valence-electron chi connectivity index (χ0n) is 4.89. The molecule has 0 fully saturated rings. The van der Waals surface area contributed by atoms with E-state index in [4.69, 9.17) is 5.73 Å². The van der Waals surface area contributed by atoms with Crippen LogP contribution in [0.3, 0.4) is 0 Å². The van der Waals surface area contributed by atoms with E-state index in [9.17, 15) is 0 Å². The van der Waals surface area contributed by atoms with Crippen molar-refractivity contribution in [3.05, 3.63) is 24.3 Å². The van der Waals surface area contributed by atoms with Crippen LogP contribution in [-0.4, -0.2) is 4.95 Å². The molecule has 0 heterocycles. The van der Waals surface area contributed by atoms with Crippen LogP contribution >= 0.6 is 15.9 Å².